The molecule has 8 heavy (non-hydrogen) atoms. The minimum absolute atomic E-state index is 0.0949. The van der Waals surface area contributed by atoms with Crippen LogP contribution in [-0.2, 0) is 4.79 Å². The van der Waals surface area contributed by atoms with Gasteiger partial charge in [-0.15, -0.1) is 6.58 Å². The lowest BCUT2D eigenvalue weighted by atomic mass is 10.1. The van der Waals surface area contributed by atoms with Crippen LogP contribution >= 0.6 is 0 Å². The molecule has 1 amide bonds. The third-order valence-electron chi connectivity index (χ3n) is 1.31. The van der Waals surface area contributed by atoms with Crippen molar-refractivity contribution >= 4 is 5.91 Å². The van der Waals surface area contributed by atoms with Crippen molar-refractivity contribution in [3.05, 3.63) is 12.7 Å². The summed E-state index contributed by atoms with van der Waals surface area (Å²) in [7, 11) is 0. The first-order valence-electron chi connectivity index (χ1n) is 3.13. The van der Waals surface area contributed by atoms with Gasteiger partial charge in [0, 0.05) is 6.54 Å². The van der Waals surface area contributed by atoms with Gasteiger partial charge in [0.25, 0.3) is 0 Å². The van der Waals surface area contributed by atoms with E-state index in [9.17, 15) is 4.79 Å². The maximum atomic E-state index is 10.8. The summed E-state index contributed by atoms with van der Waals surface area (Å²) in [5, 5.41) is 0.992. The van der Waals surface area contributed by atoms with Gasteiger partial charge in [-0.3, -0.25) is 4.79 Å². The molecule has 0 aromatic rings. The van der Waals surface area contributed by atoms with E-state index in [-0.39, 0.29) is 11.8 Å². The average molecular weight is 112 g/mol. The SMILES string of the molecule is [2H]N1CCC(C=C)C1=O. The van der Waals surface area contributed by atoms with Crippen molar-refractivity contribution in [2.75, 3.05) is 6.54 Å². The van der Waals surface area contributed by atoms with E-state index in [0.717, 1.165) is 11.7 Å². The van der Waals surface area contributed by atoms with Crippen molar-refractivity contribution in [2.45, 2.75) is 6.42 Å². The predicted octanol–water partition coefficient (Wildman–Crippen LogP) is 0.308. The van der Waals surface area contributed by atoms with Gasteiger partial charge in [-0.25, -0.2) is 0 Å². The molecule has 1 rings (SSSR count). The van der Waals surface area contributed by atoms with E-state index in [1.54, 1.807) is 6.08 Å². The summed E-state index contributed by atoms with van der Waals surface area (Å²) < 4.78 is 7.01. The Kier molecular flexibility index (Phi) is 1.02. The van der Waals surface area contributed by atoms with Crippen LogP contribution in [0.4, 0.5) is 0 Å². The van der Waals surface area contributed by atoms with E-state index in [4.69, 9.17) is 1.41 Å². The normalized spacial score (nSPS) is 30.5. The molecular weight excluding hydrogens is 102 g/mol. The van der Waals surface area contributed by atoms with Gasteiger partial charge in [0.05, 0.1) is 5.92 Å². The van der Waals surface area contributed by atoms with Crippen molar-refractivity contribution < 1.29 is 6.21 Å². The van der Waals surface area contributed by atoms with Gasteiger partial charge in [-0.1, -0.05) is 6.08 Å². The van der Waals surface area contributed by atoms with Crippen molar-refractivity contribution in [3.63, 3.8) is 0 Å². The summed E-state index contributed by atoms with van der Waals surface area (Å²) in [6.07, 6.45) is 2.36. The molecule has 2 heteroatoms. The van der Waals surface area contributed by atoms with E-state index >= 15 is 0 Å². The lowest BCUT2D eigenvalue weighted by molar-refractivity contribution is -0.121. The molecule has 0 spiro atoms. The van der Waals surface area contributed by atoms with Crippen LogP contribution in [0.1, 0.15) is 6.42 Å². The third-order valence-corrected chi connectivity index (χ3v) is 1.31. The Morgan fingerprint density at radius 1 is 2.12 bits per heavy atom. The Balaban J connectivity index is 2.61. The summed E-state index contributed by atoms with van der Waals surface area (Å²) in [5.74, 6) is -0.215. The summed E-state index contributed by atoms with van der Waals surface area (Å²) in [5.41, 5.74) is 0. The molecule has 0 aliphatic carbocycles. The van der Waals surface area contributed by atoms with Gasteiger partial charge in [-0.2, -0.15) is 0 Å². The van der Waals surface area contributed by atoms with Gasteiger partial charge in [0.2, 0.25) is 5.91 Å². The largest absolute Gasteiger partial charge is 0.356 e. The Morgan fingerprint density at radius 2 is 2.88 bits per heavy atom. The van der Waals surface area contributed by atoms with Crippen LogP contribution in [0.2, 0.25) is 1.41 Å². The molecule has 2 nitrogen and oxygen atoms in total. The van der Waals surface area contributed by atoms with Gasteiger partial charge in [-0.05, 0) is 6.42 Å². The Bertz CT molecular complexity index is 146. The fourth-order valence-electron chi connectivity index (χ4n) is 0.773. The number of amides is 1. The van der Waals surface area contributed by atoms with Crippen LogP contribution in [0, 0.1) is 5.92 Å². The number of carbonyl (C=O) groups excluding carboxylic acids is 1. The molecule has 1 aliphatic rings. The van der Waals surface area contributed by atoms with Crippen LogP contribution in [0.15, 0.2) is 12.7 Å². The van der Waals surface area contributed by atoms with Crippen molar-refractivity contribution in [1.29, 1.82) is 0 Å². The first kappa shape index (κ1) is 4.13. The van der Waals surface area contributed by atoms with E-state index in [0.29, 0.717) is 6.54 Å². The molecule has 0 radical (unpaired) electrons. The fourth-order valence-corrected chi connectivity index (χ4v) is 0.773. The molecule has 1 fully saturated rings. The first-order valence-corrected chi connectivity index (χ1v) is 2.68. The van der Waals surface area contributed by atoms with E-state index in [1.165, 1.54) is 0 Å². The zero-order valence-corrected chi connectivity index (χ0v) is 4.63. The molecular formula is C6H9NO. The highest BCUT2D eigenvalue weighted by molar-refractivity contribution is 5.82. The molecule has 1 N–H and O–H groups in total. The van der Waals surface area contributed by atoms with Crippen LogP contribution < -0.4 is 5.31 Å². The standard InChI is InChI=1S/C6H9NO/c1-2-5-3-4-7-6(5)8/h2,5H,1,3-4H2,(H,7,8)/i/hD. The summed E-state index contributed by atoms with van der Waals surface area (Å²) in [6.45, 7) is 4.05. The van der Waals surface area contributed by atoms with E-state index in [1.807, 2.05) is 0 Å². The minimum Gasteiger partial charge on any atom is -0.356 e. The molecule has 44 valence electrons. The maximum absolute atomic E-state index is 10.8. The molecule has 0 aromatic carbocycles. The molecule has 1 aliphatic heterocycles. The van der Waals surface area contributed by atoms with Crippen LogP contribution in [0.25, 0.3) is 0 Å². The van der Waals surface area contributed by atoms with Gasteiger partial charge in [0.15, 0.2) is 1.41 Å². The lowest BCUT2D eigenvalue weighted by Gasteiger charge is -1.93. The molecule has 0 saturated carbocycles. The van der Waals surface area contributed by atoms with E-state index in [2.05, 4.69) is 6.58 Å². The minimum atomic E-state index is -0.120. The number of nitrogens with one attached hydrogen (secondary N) is 1. The number of rotatable bonds is 1. The summed E-state index contributed by atoms with van der Waals surface area (Å²) >= 11 is 0. The molecule has 0 bridgehead atoms. The monoisotopic (exact) mass is 112 g/mol. The van der Waals surface area contributed by atoms with Gasteiger partial charge < -0.3 is 5.31 Å². The highest BCUT2D eigenvalue weighted by atomic mass is 16.2. The quantitative estimate of drug-likeness (QED) is 0.486. The fraction of sp³-hybridized carbons (Fsp3) is 0.500. The summed E-state index contributed by atoms with van der Waals surface area (Å²) in [6, 6.07) is 0. The van der Waals surface area contributed by atoms with Crippen molar-refractivity contribution in [2.24, 2.45) is 5.92 Å². The van der Waals surface area contributed by atoms with Crippen molar-refractivity contribution in [1.82, 2.24) is 5.31 Å². The van der Waals surface area contributed by atoms with Crippen LogP contribution in [0.3, 0.4) is 0 Å². The molecule has 1 atom stereocenters. The predicted molar refractivity (Wildman–Crippen MR) is 31.3 cm³/mol. The molecule has 1 heterocycles. The average Bonchev–Trinajstić information content (AvgIpc) is 2.15. The highest BCUT2D eigenvalue weighted by Crippen LogP contribution is 2.08. The first-order chi connectivity index (χ1) is 4.25. The zero-order chi connectivity index (χ0) is 6.85. The van der Waals surface area contributed by atoms with Crippen LogP contribution in [-0.4, -0.2) is 12.5 Å². The van der Waals surface area contributed by atoms with Crippen LogP contribution in [0.5, 0.6) is 0 Å². The number of carbonyl (C=O) groups is 1. The molecule has 0 aromatic heterocycles. The highest BCUT2D eigenvalue weighted by Gasteiger charge is 2.19. The van der Waals surface area contributed by atoms with Gasteiger partial charge >= 0.3 is 0 Å². The second-order valence-electron chi connectivity index (χ2n) is 1.85. The van der Waals surface area contributed by atoms with E-state index < -0.39 is 0 Å². The number of hydrogen-bond donors (Lipinski definition) is 1. The topological polar surface area (TPSA) is 29.1 Å². The Hall–Kier alpha value is -0.790. The third kappa shape index (κ3) is 0.735. The maximum Gasteiger partial charge on any atom is 0.226 e. The zero-order valence-electron chi connectivity index (χ0n) is 5.63. The Labute approximate surface area is 50.0 Å². The second kappa shape index (κ2) is 1.99. The Morgan fingerprint density at radius 3 is 3.12 bits per heavy atom. The lowest BCUT2D eigenvalue weighted by Crippen LogP contribution is -2.17. The number of hydrogen-bond acceptors (Lipinski definition) is 1. The molecule has 1 unspecified atom stereocenters. The smallest absolute Gasteiger partial charge is 0.226 e. The van der Waals surface area contributed by atoms with Gasteiger partial charge in [0.1, 0.15) is 0 Å². The molecule has 1 saturated heterocycles. The van der Waals surface area contributed by atoms with Crippen molar-refractivity contribution in [3.8, 4) is 0 Å². The second-order valence-corrected chi connectivity index (χ2v) is 1.85. The summed E-state index contributed by atoms with van der Waals surface area (Å²) in [4.78, 5) is 10.8.